The summed E-state index contributed by atoms with van der Waals surface area (Å²) in [5.74, 6) is -0.891. The molecule has 3 nitrogen and oxygen atoms in total. The molecule has 76 valence electrons. The normalized spacial score (nSPS) is 29.6. The SMILES string of the molecule is CC(C(=O)O)C1CCCOC1(C)C. The summed E-state index contributed by atoms with van der Waals surface area (Å²) in [6.07, 6.45) is 1.94. The Morgan fingerprint density at radius 3 is 2.69 bits per heavy atom. The number of hydrogen-bond donors (Lipinski definition) is 1. The molecule has 3 heteroatoms. The minimum atomic E-state index is -0.719. The number of aliphatic carboxylic acids is 1. The maximum atomic E-state index is 10.8. The lowest BCUT2D eigenvalue weighted by Gasteiger charge is -2.40. The molecule has 0 amide bonds. The van der Waals surface area contributed by atoms with Crippen LogP contribution in [0.3, 0.4) is 0 Å². The average Bonchev–Trinajstić information content (AvgIpc) is 2.02. The van der Waals surface area contributed by atoms with Gasteiger partial charge in [0.05, 0.1) is 11.5 Å². The maximum Gasteiger partial charge on any atom is 0.306 e. The Kier molecular flexibility index (Phi) is 2.96. The van der Waals surface area contributed by atoms with Gasteiger partial charge in [0, 0.05) is 12.5 Å². The van der Waals surface area contributed by atoms with Crippen molar-refractivity contribution in [3.05, 3.63) is 0 Å². The van der Waals surface area contributed by atoms with E-state index in [2.05, 4.69) is 0 Å². The lowest BCUT2D eigenvalue weighted by molar-refractivity contribution is -0.155. The monoisotopic (exact) mass is 186 g/mol. The van der Waals surface area contributed by atoms with Gasteiger partial charge in [0.15, 0.2) is 0 Å². The van der Waals surface area contributed by atoms with Crippen LogP contribution in [0.2, 0.25) is 0 Å². The van der Waals surface area contributed by atoms with Crippen LogP contribution < -0.4 is 0 Å². The van der Waals surface area contributed by atoms with Gasteiger partial charge >= 0.3 is 5.97 Å². The van der Waals surface area contributed by atoms with E-state index in [0.717, 1.165) is 19.4 Å². The van der Waals surface area contributed by atoms with Crippen LogP contribution in [0.15, 0.2) is 0 Å². The number of hydrogen-bond acceptors (Lipinski definition) is 2. The van der Waals surface area contributed by atoms with Gasteiger partial charge in [0.1, 0.15) is 0 Å². The molecule has 13 heavy (non-hydrogen) atoms. The van der Waals surface area contributed by atoms with Crippen molar-refractivity contribution < 1.29 is 14.6 Å². The summed E-state index contributed by atoms with van der Waals surface area (Å²) in [5, 5.41) is 8.91. The van der Waals surface area contributed by atoms with Crippen LogP contribution in [-0.4, -0.2) is 23.3 Å². The summed E-state index contributed by atoms with van der Waals surface area (Å²) in [7, 11) is 0. The first-order valence-electron chi connectivity index (χ1n) is 4.82. The third-order valence-electron chi connectivity index (χ3n) is 3.02. The first-order valence-corrected chi connectivity index (χ1v) is 4.82. The van der Waals surface area contributed by atoms with Crippen molar-refractivity contribution in [3.63, 3.8) is 0 Å². The lowest BCUT2D eigenvalue weighted by atomic mass is 9.76. The van der Waals surface area contributed by atoms with Crippen LogP contribution in [0.25, 0.3) is 0 Å². The topological polar surface area (TPSA) is 46.5 Å². The summed E-state index contributed by atoms with van der Waals surface area (Å²) >= 11 is 0. The third kappa shape index (κ3) is 2.21. The number of carboxylic acid groups (broad SMARTS) is 1. The van der Waals surface area contributed by atoms with Crippen LogP contribution in [0.5, 0.6) is 0 Å². The molecule has 1 aliphatic rings. The van der Waals surface area contributed by atoms with E-state index in [9.17, 15) is 4.79 Å². The molecule has 0 aromatic heterocycles. The minimum Gasteiger partial charge on any atom is -0.481 e. The zero-order valence-electron chi connectivity index (χ0n) is 8.54. The lowest BCUT2D eigenvalue weighted by Crippen LogP contribution is -2.44. The fourth-order valence-corrected chi connectivity index (χ4v) is 2.12. The van der Waals surface area contributed by atoms with Gasteiger partial charge < -0.3 is 9.84 Å². The highest BCUT2D eigenvalue weighted by Gasteiger charge is 2.39. The fraction of sp³-hybridized carbons (Fsp3) is 0.900. The molecular formula is C10H18O3. The van der Waals surface area contributed by atoms with Crippen LogP contribution in [0.1, 0.15) is 33.6 Å². The van der Waals surface area contributed by atoms with E-state index in [1.165, 1.54) is 0 Å². The summed E-state index contributed by atoms with van der Waals surface area (Å²) in [6, 6.07) is 0. The average molecular weight is 186 g/mol. The second-order valence-electron chi connectivity index (χ2n) is 4.33. The molecule has 0 aliphatic carbocycles. The standard InChI is InChI=1S/C10H18O3/c1-7(9(11)12)8-5-4-6-13-10(8,2)3/h7-8H,4-6H2,1-3H3,(H,11,12). The van der Waals surface area contributed by atoms with Gasteiger partial charge in [0.2, 0.25) is 0 Å². The molecule has 1 saturated heterocycles. The molecule has 0 bridgehead atoms. The molecule has 0 aromatic rings. The Morgan fingerprint density at radius 1 is 1.62 bits per heavy atom. The van der Waals surface area contributed by atoms with E-state index in [1.807, 2.05) is 13.8 Å². The summed E-state index contributed by atoms with van der Waals surface area (Å²) in [6.45, 7) is 6.49. The van der Waals surface area contributed by atoms with Crippen molar-refractivity contribution >= 4 is 5.97 Å². The van der Waals surface area contributed by atoms with Crippen LogP contribution >= 0.6 is 0 Å². The molecule has 0 radical (unpaired) electrons. The zero-order chi connectivity index (χ0) is 10.1. The molecule has 0 saturated carbocycles. The second kappa shape index (κ2) is 3.66. The molecule has 1 aliphatic heterocycles. The van der Waals surface area contributed by atoms with Gasteiger partial charge in [-0.1, -0.05) is 6.92 Å². The Labute approximate surface area is 79.1 Å². The smallest absolute Gasteiger partial charge is 0.306 e. The van der Waals surface area contributed by atoms with E-state index in [1.54, 1.807) is 6.92 Å². The first-order chi connectivity index (χ1) is 5.95. The Morgan fingerprint density at radius 2 is 2.23 bits per heavy atom. The molecule has 0 spiro atoms. The largest absolute Gasteiger partial charge is 0.481 e. The zero-order valence-corrected chi connectivity index (χ0v) is 8.54. The maximum absolute atomic E-state index is 10.8. The van der Waals surface area contributed by atoms with Gasteiger partial charge in [-0.15, -0.1) is 0 Å². The van der Waals surface area contributed by atoms with Crippen LogP contribution in [-0.2, 0) is 9.53 Å². The van der Waals surface area contributed by atoms with Gasteiger partial charge in [-0.3, -0.25) is 4.79 Å². The molecule has 1 N–H and O–H groups in total. The van der Waals surface area contributed by atoms with Gasteiger partial charge in [-0.25, -0.2) is 0 Å². The van der Waals surface area contributed by atoms with Gasteiger partial charge in [-0.2, -0.15) is 0 Å². The Balaban J connectivity index is 2.70. The van der Waals surface area contributed by atoms with Gasteiger partial charge in [0.25, 0.3) is 0 Å². The molecule has 1 fully saturated rings. The van der Waals surface area contributed by atoms with E-state index in [4.69, 9.17) is 9.84 Å². The highest BCUT2D eigenvalue weighted by Crippen LogP contribution is 2.35. The van der Waals surface area contributed by atoms with E-state index >= 15 is 0 Å². The number of ether oxygens (including phenoxy) is 1. The van der Waals surface area contributed by atoms with E-state index in [-0.39, 0.29) is 17.4 Å². The summed E-state index contributed by atoms with van der Waals surface area (Å²) in [5.41, 5.74) is -0.282. The van der Waals surface area contributed by atoms with Crippen molar-refractivity contribution in [1.29, 1.82) is 0 Å². The highest BCUT2D eigenvalue weighted by molar-refractivity contribution is 5.70. The number of carboxylic acids is 1. The van der Waals surface area contributed by atoms with E-state index < -0.39 is 5.97 Å². The fourth-order valence-electron chi connectivity index (χ4n) is 2.12. The highest BCUT2D eigenvalue weighted by atomic mass is 16.5. The van der Waals surface area contributed by atoms with Crippen molar-refractivity contribution in [1.82, 2.24) is 0 Å². The first kappa shape index (κ1) is 10.5. The van der Waals surface area contributed by atoms with Crippen molar-refractivity contribution in [2.45, 2.75) is 39.2 Å². The molecule has 0 aromatic carbocycles. The quantitative estimate of drug-likeness (QED) is 0.716. The summed E-state index contributed by atoms with van der Waals surface area (Å²) < 4.78 is 5.59. The van der Waals surface area contributed by atoms with E-state index in [0.29, 0.717) is 0 Å². The molecular weight excluding hydrogens is 168 g/mol. The molecule has 2 atom stereocenters. The van der Waals surface area contributed by atoms with Crippen molar-refractivity contribution in [3.8, 4) is 0 Å². The van der Waals surface area contributed by atoms with Crippen LogP contribution in [0.4, 0.5) is 0 Å². The van der Waals surface area contributed by atoms with Gasteiger partial charge in [-0.05, 0) is 26.7 Å². The number of carbonyl (C=O) groups is 1. The second-order valence-corrected chi connectivity index (χ2v) is 4.33. The Bertz CT molecular complexity index is 198. The number of rotatable bonds is 2. The summed E-state index contributed by atoms with van der Waals surface area (Å²) in [4.78, 5) is 10.8. The predicted octanol–water partition coefficient (Wildman–Crippen LogP) is 1.91. The molecule has 1 rings (SSSR count). The third-order valence-corrected chi connectivity index (χ3v) is 3.02. The predicted molar refractivity (Wildman–Crippen MR) is 49.6 cm³/mol. The van der Waals surface area contributed by atoms with Crippen molar-refractivity contribution in [2.24, 2.45) is 11.8 Å². The molecule has 2 unspecified atom stereocenters. The molecule has 1 heterocycles. The van der Waals surface area contributed by atoms with Crippen LogP contribution in [0, 0.1) is 11.8 Å². The van der Waals surface area contributed by atoms with Crippen molar-refractivity contribution in [2.75, 3.05) is 6.61 Å². The Hall–Kier alpha value is -0.570. The minimum absolute atomic E-state index is 0.138.